The van der Waals surface area contributed by atoms with Crippen LogP contribution in [0.25, 0.3) is 26.0 Å². The second-order valence-corrected chi connectivity index (χ2v) is 9.47. The van der Waals surface area contributed by atoms with Crippen molar-refractivity contribution in [2.45, 2.75) is 39.8 Å². The van der Waals surface area contributed by atoms with Crippen molar-refractivity contribution in [1.82, 2.24) is 19.9 Å². The first kappa shape index (κ1) is 22.0. The number of thiophene rings is 1. The summed E-state index contributed by atoms with van der Waals surface area (Å²) in [6.45, 7) is 9.34. The maximum Gasteiger partial charge on any atom is 0.293 e. The van der Waals surface area contributed by atoms with E-state index in [1.807, 2.05) is 31.4 Å². The van der Waals surface area contributed by atoms with E-state index in [9.17, 15) is 4.79 Å². The first-order chi connectivity index (χ1) is 15.3. The molecule has 4 rings (SSSR count). The SMILES string of the molecule is COc1cc(C)cc2cc(-c3c(CNCC(C)(C)OC=O)c(C)n4ncnc(N)c34)sc12. The van der Waals surface area contributed by atoms with E-state index in [1.165, 1.54) is 6.33 Å². The molecule has 4 aromatic rings. The van der Waals surface area contributed by atoms with Gasteiger partial charge < -0.3 is 20.5 Å². The average molecular weight is 454 g/mol. The number of anilines is 1. The molecule has 0 saturated heterocycles. The molecule has 0 radical (unpaired) electrons. The Labute approximate surface area is 190 Å². The quantitative estimate of drug-likeness (QED) is 0.390. The summed E-state index contributed by atoms with van der Waals surface area (Å²) >= 11 is 1.66. The summed E-state index contributed by atoms with van der Waals surface area (Å²) in [6, 6.07) is 6.36. The van der Waals surface area contributed by atoms with Crippen LogP contribution in [0, 0.1) is 13.8 Å². The molecule has 0 amide bonds. The minimum Gasteiger partial charge on any atom is -0.495 e. The number of hydrogen-bond donors (Lipinski definition) is 2. The Morgan fingerprint density at radius 3 is 2.78 bits per heavy atom. The van der Waals surface area contributed by atoms with Gasteiger partial charge in [0, 0.05) is 29.2 Å². The molecule has 0 aliphatic carbocycles. The fraction of sp³-hybridized carbons (Fsp3) is 0.348. The van der Waals surface area contributed by atoms with Crippen LogP contribution in [-0.4, -0.2) is 40.3 Å². The molecule has 0 fully saturated rings. The third-order valence-electron chi connectivity index (χ3n) is 5.52. The maximum absolute atomic E-state index is 10.8. The fourth-order valence-electron chi connectivity index (χ4n) is 3.99. The number of aryl methyl sites for hydroxylation is 2. The molecular weight excluding hydrogens is 426 g/mol. The lowest BCUT2D eigenvalue weighted by Crippen LogP contribution is -2.37. The number of nitrogens with two attached hydrogens (primary N) is 1. The summed E-state index contributed by atoms with van der Waals surface area (Å²) in [6.07, 6.45) is 1.47. The number of nitrogens with zero attached hydrogens (tertiary/aromatic N) is 3. The van der Waals surface area contributed by atoms with Gasteiger partial charge in [0.05, 0.1) is 11.8 Å². The van der Waals surface area contributed by atoms with E-state index in [0.29, 0.717) is 25.4 Å². The van der Waals surface area contributed by atoms with Crippen LogP contribution in [0.4, 0.5) is 5.82 Å². The molecule has 0 aliphatic rings. The van der Waals surface area contributed by atoms with Crippen molar-refractivity contribution < 1.29 is 14.3 Å². The van der Waals surface area contributed by atoms with Gasteiger partial charge in [0.1, 0.15) is 23.2 Å². The first-order valence-corrected chi connectivity index (χ1v) is 11.1. The minimum absolute atomic E-state index is 0.426. The van der Waals surface area contributed by atoms with Crippen LogP contribution in [0.1, 0.15) is 30.7 Å². The number of carbonyl (C=O) groups is 1. The largest absolute Gasteiger partial charge is 0.495 e. The molecule has 0 spiro atoms. The Kier molecular flexibility index (Phi) is 5.79. The summed E-state index contributed by atoms with van der Waals surface area (Å²) in [4.78, 5) is 16.1. The number of carbonyl (C=O) groups excluding carboxylic acids is 1. The molecule has 3 heterocycles. The van der Waals surface area contributed by atoms with Gasteiger partial charge in [-0.3, -0.25) is 4.79 Å². The van der Waals surface area contributed by atoms with E-state index in [2.05, 4.69) is 34.5 Å². The highest BCUT2D eigenvalue weighted by atomic mass is 32.1. The zero-order valence-corrected chi connectivity index (χ0v) is 19.7. The van der Waals surface area contributed by atoms with E-state index < -0.39 is 5.60 Å². The smallest absolute Gasteiger partial charge is 0.293 e. The van der Waals surface area contributed by atoms with Crippen molar-refractivity contribution in [3.05, 3.63) is 41.3 Å². The molecule has 0 atom stereocenters. The Balaban J connectivity index is 1.86. The summed E-state index contributed by atoms with van der Waals surface area (Å²) in [5.41, 5.74) is 10.7. The van der Waals surface area contributed by atoms with Crippen molar-refractivity contribution in [2.75, 3.05) is 19.4 Å². The molecule has 3 aromatic heterocycles. The molecule has 32 heavy (non-hydrogen) atoms. The van der Waals surface area contributed by atoms with Crippen molar-refractivity contribution in [2.24, 2.45) is 0 Å². The van der Waals surface area contributed by atoms with Gasteiger partial charge in [-0.15, -0.1) is 11.3 Å². The Morgan fingerprint density at radius 2 is 2.06 bits per heavy atom. The Bertz CT molecular complexity index is 1310. The summed E-state index contributed by atoms with van der Waals surface area (Å²) in [5.74, 6) is 1.28. The number of fused-ring (bicyclic) bond motifs is 2. The molecule has 1 aromatic carbocycles. The van der Waals surface area contributed by atoms with Gasteiger partial charge in [-0.1, -0.05) is 6.07 Å². The first-order valence-electron chi connectivity index (χ1n) is 10.3. The summed E-state index contributed by atoms with van der Waals surface area (Å²) in [7, 11) is 1.69. The van der Waals surface area contributed by atoms with Gasteiger partial charge in [-0.05, 0) is 56.3 Å². The standard InChI is InChI=1S/C23H27N5O3S/c1-13-6-15-8-18(32-21(15)17(7-13)30-5)19-16(9-25-10-23(3,4)31-12-29)14(2)28-20(19)22(24)26-11-27-28/h6-8,11-12,25H,9-10H2,1-5H3,(H2,24,26,27). The lowest BCUT2D eigenvalue weighted by molar-refractivity contribution is -0.139. The molecule has 8 nitrogen and oxygen atoms in total. The van der Waals surface area contributed by atoms with Gasteiger partial charge in [-0.2, -0.15) is 5.10 Å². The molecule has 0 bridgehead atoms. The monoisotopic (exact) mass is 453 g/mol. The summed E-state index contributed by atoms with van der Waals surface area (Å²) in [5, 5.41) is 8.98. The van der Waals surface area contributed by atoms with Crippen LogP contribution in [0.5, 0.6) is 5.75 Å². The van der Waals surface area contributed by atoms with Crippen LogP contribution in [-0.2, 0) is 16.1 Å². The van der Waals surface area contributed by atoms with Gasteiger partial charge >= 0.3 is 0 Å². The predicted molar refractivity (Wildman–Crippen MR) is 127 cm³/mol. The fourth-order valence-corrected chi connectivity index (χ4v) is 5.19. The number of hydrogen-bond acceptors (Lipinski definition) is 8. The van der Waals surface area contributed by atoms with Gasteiger partial charge in [0.25, 0.3) is 6.47 Å². The molecule has 168 valence electrons. The van der Waals surface area contributed by atoms with E-state index in [4.69, 9.17) is 15.2 Å². The number of nitrogen functional groups attached to an aromatic ring is 1. The summed E-state index contributed by atoms with van der Waals surface area (Å²) < 4.78 is 13.7. The molecule has 9 heteroatoms. The normalized spacial score (nSPS) is 11.9. The highest BCUT2D eigenvalue weighted by Crippen LogP contribution is 2.44. The van der Waals surface area contributed by atoms with Crippen molar-refractivity contribution >= 4 is 39.2 Å². The Hall–Kier alpha value is -3.17. The molecule has 0 aliphatic heterocycles. The maximum atomic E-state index is 10.8. The Morgan fingerprint density at radius 1 is 1.28 bits per heavy atom. The second kappa shape index (κ2) is 8.40. The molecule has 0 unspecified atom stereocenters. The van der Waals surface area contributed by atoms with Crippen LogP contribution >= 0.6 is 11.3 Å². The van der Waals surface area contributed by atoms with E-state index in [0.717, 1.165) is 48.6 Å². The third-order valence-corrected chi connectivity index (χ3v) is 6.71. The van der Waals surface area contributed by atoms with Crippen molar-refractivity contribution in [3.63, 3.8) is 0 Å². The van der Waals surface area contributed by atoms with E-state index in [-0.39, 0.29) is 0 Å². The van der Waals surface area contributed by atoms with Gasteiger partial charge in [-0.25, -0.2) is 9.50 Å². The number of nitrogens with one attached hydrogen (secondary N) is 1. The molecule has 0 saturated carbocycles. The minimum atomic E-state index is -0.615. The number of aromatic nitrogens is 3. The highest BCUT2D eigenvalue weighted by Gasteiger charge is 2.24. The lowest BCUT2D eigenvalue weighted by atomic mass is 10.1. The number of methoxy groups -OCH3 is 1. The highest BCUT2D eigenvalue weighted by molar-refractivity contribution is 7.22. The van der Waals surface area contributed by atoms with E-state index in [1.54, 1.807) is 18.4 Å². The average Bonchev–Trinajstić information content (AvgIpc) is 3.27. The van der Waals surface area contributed by atoms with Gasteiger partial charge in [0.15, 0.2) is 5.82 Å². The van der Waals surface area contributed by atoms with Crippen LogP contribution in [0.2, 0.25) is 0 Å². The van der Waals surface area contributed by atoms with E-state index >= 15 is 0 Å². The molecular formula is C23H27N5O3S. The number of benzene rings is 1. The zero-order chi connectivity index (χ0) is 23.0. The van der Waals surface area contributed by atoms with Crippen LogP contribution in [0.15, 0.2) is 24.5 Å². The number of rotatable bonds is 8. The second-order valence-electron chi connectivity index (χ2n) is 8.42. The topological polar surface area (TPSA) is 104 Å². The third kappa shape index (κ3) is 3.89. The van der Waals surface area contributed by atoms with Gasteiger partial charge in [0.2, 0.25) is 0 Å². The van der Waals surface area contributed by atoms with Crippen LogP contribution in [0.3, 0.4) is 0 Å². The molecule has 3 N–H and O–H groups in total. The number of ether oxygens (including phenoxy) is 2. The lowest BCUT2D eigenvalue weighted by Gasteiger charge is -2.23. The van der Waals surface area contributed by atoms with Crippen LogP contribution < -0.4 is 15.8 Å². The zero-order valence-electron chi connectivity index (χ0n) is 18.9. The van der Waals surface area contributed by atoms with Crippen molar-refractivity contribution in [1.29, 1.82) is 0 Å². The predicted octanol–water partition coefficient (Wildman–Crippen LogP) is 3.86. The van der Waals surface area contributed by atoms with Crippen molar-refractivity contribution in [3.8, 4) is 16.2 Å².